The summed E-state index contributed by atoms with van der Waals surface area (Å²) in [6.45, 7) is 20.2. The first-order chi connectivity index (χ1) is 12.7. The summed E-state index contributed by atoms with van der Waals surface area (Å²) in [5.41, 5.74) is 6.68. The van der Waals surface area contributed by atoms with Crippen LogP contribution in [0.3, 0.4) is 0 Å². The van der Waals surface area contributed by atoms with Crippen LogP contribution >= 0.6 is 0 Å². The van der Waals surface area contributed by atoms with Gasteiger partial charge in [0.25, 0.3) is 0 Å². The summed E-state index contributed by atoms with van der Waals surface area (Å²) in [5.74, 6) is 0.976. The summed E-state index contributed by atoms with van der Waals surface area (Å²) in [4.78, 5) is 0. The van der Waals surface area contributed by atoms with Crippen LogP contribution < -0.4 is 10.1 Å². The Hall–Kier alpha value is -0.826. The van der Waals surface area contributed by atoms with E-state index in [-0.39, 0.29) is 17.7 Å². The molecule has 0 saturated heterocycles. The van der Waals surface area contributed by atoms with Crippen LogP contribution in [-0.2, 0) is 21.7 Å². The van der Waals surface area contributed by atoms with Crippen molar-refractivity contribution in [3.05, 3.63) is 22.3 Å². The fraction of sp³-hybridized carbons (Fsp3) is 0.727. The monoisotopic (exact) mass is 421 g/mol. The molecule has 2 atom stereocenters. The summed E-state index contributed by atoms with van der Waals surface area (Å²) in [6.07, 6.45) is 3.47. The zero-order valence-corrected chi connectivity index (χ0v) is 21.5. The van der Waals surface area contributed by atoms with Crippen LogP contribution in [0, 0.1) is 0 Å². The van der Waals surface area contributed by atoms with E-state index in [9.17, 15) is 0 Å². The van der Waals surface area contributed by atoms with Crippen molar-refractivity contribution in [2.75, 3.05) is 12.4 Å². The Balaban J connectivity index is 2.18. The van der Waals surface area contributed by atoms with Gasteiger partial charge >= 0.3 is 0 Å². The molecule has 4 nitrogen and oxygen atoms in total. The number of hydrogen-bond acceptors (Lipinski definition) is 4. The van der Waals surface area contributed by atoms with Crippen LogP contribution in [0.2, 0.25) is 39.3 Å². The molecule has 2 aliphatic carbocycles. The van der Waals surface area contributed by atoms with Crippen LogP contribution in [0.25, 0.3) is 0 Å². The van der Waals surface area contributed by atoms with Crippen LogP contribution in [0.15, 0.2) is 0 Å². The lowest BCUT2D eigenvalue weighted by atomic mass is 9.76. The molecule has 2 aliphatic rings. The van der Waals surface area contributed by atoms with Gasteiger partial charge in [-0.2, -0.15) is 0 Å². The molecule has 0 amide bonds. The first-order valence-electron chi connectivity index (χ1n) is 10.6. The fourth-order valence-corrected chi connectivity index (χ4v) is 6.42. The minimum atomic E-state index is -1.74. The number of ether oxygens (including phenoxy) is 1. The Morgan fingerprint density at radius 2 is 1.32 bits per heavy atom. The summed E-state index contributed by atoms with van der Waals surface area (Å²) in [7, 11) is -1.66. The highest BCUT2D eigenvalue weighted by Gasteiger charge is 2.49. The van der Waals surface area contributed by atoms with Gasteiger partial charge in [-0.3, -0.25) is 0 Å². The van der Waals surface area contributed by atoms with Gasteiger partial charge in [0, 0.05) is 11.1 Å². The second kappa shape index (κ2) is 7.15. The molecule has 0 saturated carbocycles. The molecule has 0 unspecified atom stereocenters. The van der Waals surface area contributed by atoms with Crippen molar-refractivity contribution in [1.29, 1.82) is 0 Å². The third-order valence-electron chi connectivity index (χ3n) is 5.12. The highest BCUT2D eigenvalue weighted by atomic mass is 28.4. The topological polar surface area (TPSA) is 39.7 Å². The van der Waals surface area contributed by atoms with Gasteiger partial charge in [0.15, 0.2) is 16.6 Å². The molecule has 158 valence electrons. The highest BCUT2D eigenvalue weighted by Crippen LogP contribution is 2.60. The van der Waals surface area contributed by atoms with Crippen molar-refractivity contribution in [2.24, 2.45) is 0 Å². The van der Waals surface area contributed by atoms with Gasteiger partial charge in [-0.25, -0.2) is 0 Å². The first-order valence-corrected chi connectivity index (χ1v) is 17.4. The van der Waals surface area contributed by atoms with Crippen molar-refractivity contribution < 1.29 is 13.6 Å². The zero-order valence-electron chi connectivity index (χ0n) is 19.5. The highest BCUT2D eigenvalue weighted by molar-refractivity contribution is 6.70. The van der Waals surface area contributed by atoms with Gasteiger partial charge < -0.3 is 18.9 Å². The number of nitrogens with one attached hydrogen (secondary N) is 1. The van der Waals surface area contributed by atoms with Gasteiger partial charge in [-0.15, -0.1) is 0 Å². The van der Waals surface area contributed by atoms with E-state index in [1.165, 1.54) is 34.4 Å². The molecular formula is C22H39NO3Si2. The van der Waals surface area contributed by atoms with Crippen LogP contribution in [0.5, 0.6) is 5.75 Å². The van der Waals surface area contributed by atoms with E-state index < -0.39 is 16.6 Å². The summed E-state index contributed by atoms with van der Waals surface area (Å²) >= 11 is 0. The minimum absolute atomic E-state index is 0.0187. The Bertz CT molecular complexity index is 757. The Morgan fingerprint density at radius 1 is 0.821 bits per heavy atom. The van der Waals surface area contributed by atoms with E-state index in [1.807, 2.05) is 0 Å². The number of rotatable bonds is 6. The van der Waals surface area contributed by atoms with Crippen molar-refractivity contribution in [3.8, 4) is 5.75 Å². The summed E-state index contributed by atoms with van der Waals surface area (Å²) in [6, 6.07) is 0. The predicted molar refractivity (Wildman–Crippen MR) is 123 cm³/mol. The number of anilines is 1. The molecule has 0 aromatic heterocycles. The normalized spacial score (nSPS) is 21.8. The van der Waals surface area contributed by atoms with Gasteiger partial charge in [-0.05, 0) is 96.0 Å². The molecule has 0 heterocycles. The van der Waals surface area contributed by atoms with Crippen LogP contribution in [0.1, 0.15) is 61.7 Å². The van der Waals surface area contributed by atoms with Crippen molar-refractivity contribution in [3.63, 3.8) is 0 Å². The molecule has 1 aromatic carbocycles. The van der Waals surface area contributed by atoms with E-state index in [4.69, 9.17) is 13.6 Å². The SMILES string of the molecule is COc1c(NC(C)(C)C)c2c(c3c1[C@H](O[Si](C)(C)C)[C@H]3O[Si](C)(C)C)CCC2. The van der Waals surface area contributed by atoms with E-state index >= 15 is 0 Å². The maximum atomic E-state index is 6.68. The molecule has 1 N–H and O–H groups in total. The van der Waals surface area contributed by atoms with Gasteiger partial charge in [0.05, 0.1) is 12.8 Å². The lowest BCUT2D eigenvalue weighted by Gasteiger charge is -2.47. The molecule has 3 rings (SSSR count). The molecule has 0 aliphatic heterocycles. The average molecular weight is 422 g/mol. The fourth-order valence-electron chi connectivity index (χ4n) is 4.41. The molecule has 0 bridgehead atoms. The van der Waals surface area contributed by atoms with Crippen molar-refractivity contribution in [1.82, 2.24) is 0 Å². The van der Waals surface area contributed by atoms with Crippen molar-refractivity contribution in [2.45, 2.75) is 97.1 Å². The Kier molecular flexibility index (Phi) is 5.58. The Labute approximate surface area is 173 Å². The molecule has 28 heavy (non-hydrogen) atoms. The Morgan fingerprint density at radius 3 is 1.79 bits per heavy atom. The number of hydrogen-bond donors (Lipinski definition) is 1. The zero-order chi connectivity index (χ0) is 21.1. The molecule has 6 heteroatoms. The minimum Gasteiger partial charge on any atom is -0.494 e. The summed E-state index contributed by atoms with van der Waals surface area (Å²) in [5, 5.41) is 3.75. The molecule has 0 spiro atoms. The first kappa shape index (κ1) is 21.9. The van der Waals surface area contributed by atoms with Gasteiger partial charge in [0.2, 0.25) is 0 Å². The smallest absolute Gasteiger partial charge is 0.184 e. The quantitative estimate of drug-likeness (QED) is 0.556. The number of fused-ring (bicyclic) bond motifs is 3. The summed E-state index contributed by atoms with van der Waals surface area (Å²) < 4.78 is 19.4. The van der Waals surface area contributed by atoms with Gasteiger partial charge in [-0.1, -0.05) is 0 Å². The van der Waals surface area contributed by atoms with Crippen molar-refractivity contribution >= 4 is 22.3 Å². The van der Waals surface area contributed by atoms with E-state index in [0.29, 0.717) is 0 Å². The van der Waals surface area contributed by atoms with Gasteiger partial charge in [0.1, 0.15) is 18.0 Å². The average Bonchev–Trinajstić information content (AvgIpc) is 2.96. The number of methoxy groups -OCH3 is 1. The second-order valence-electron chi connectivity index (χ2n) is 11.2. The molecular weight excluding hydrogens is 382 g/mol. The van der Waals surface area contributed by atoms with E-state index in [1.54, 1.807) is 7.11 Å². The largest absolute Gasteiger partial charge is 0.494 e. The molecule has 0 fully saturated rings. The number of benzene rings is 1. The predicted octanol–water partition coefficient (Wildman–Crippen LogP) is 6.19. The van der Waals surface area contributed by atoms with E-state index in [2.05, 4.69) is 65.4 Å². The van der Waals surface area contributed by atoms with E-state index in [0.717, 1.165) is 18.6 Å². The standard InChI is InChI=1S/C22H39NO3Si2/c1-22(2,3)23-18-15-13-11-12-14(15)16-17(19(18)24-4)21(26-28(8,9)10)20(16)25-27(5,6)7/h20-21,23H,11-13H2,1-10H3/t20-,21-/m0/s1. The van der Waals surface area contributed by atoms with Crippen LogP contribution in [0.4, 0.5) is 5.69 Å². The maximum Gasteiger partial charge on any atom is 0.184 e. The third-order valence-corrected chi connectivity index (χ3v) is 7.04. The lowest BCUT2D eigenvalue weighted by Crippen LogP contribution is -2.42. The lowest BCUT2D eigenvalue weighted by molar-refractivity contribution is 0.00891. The van der Waals surface area contributed by atoms with Crippen LogP contribution in [-0.4, -0.2) is 29.3 Å². The third kappa shape index (κ3) is 4.35. The molecule has 1 aromatic rings. The second-order valence-corrected chi connectivity index (χ2v) is 20.1. The maximum absolute atomic E-state index is 6.68. The molecule has 0 radical (unpaired) electrons.